The minimum atomic E-state index is -2.47. The molecule has 0 radical (unpaired) electrons. The van der Waals surface area contributed by atoms with E-state index in [9.17, 15) is 8.78 Å². The number of halogens is 2. The molecule has 1 N–H and O–H groups in total. The number of nitrogens with zero attached hydrogens (tertiary/aromatic N) is 1. The van der Waals surface area contributed by atoms with Gasteiger partial charge < -0.3 is 5.11 Å². The summed E-state index contributed by atoms with van der Waals surface area (Å²) in [5.74, 6) is -2.39. The summed E-state index contributed by atoms with van der Waals surface area (Å²) in [7, 11) is 0. The molecule has 0 aromatic carbocycles. The van der Waals surface area contributed by atoms with Crippen molar-refractivity contribution in [2.45, 2.75) is 64.3 Å². The van der Waals surface area contributed by atoms with E-state index in [4.69, 9.17) is 5.11 Å². The second-order valence-electron chi connectivity index (χ2n) is 5.51. The van der Waals surface area contributed by atoms with Crippen LogP contribution in [0.25, 0.3) is 0 Å². The van der Waals surface area contributed by atoms with Gasteiger partial charge in [-0.15, -0.1) is 0 Å². The number of aliphatic hydroxyl groups is 1. The third-order valence-electron chi connectivity index (χ3n) is 4.08. The molecular weight excluding hydrogens is 236 g/mol. The van der Waals surface area contributed by atoms with E-state index in [1.807, 2.05) is 0 Å². The summed E-state index contributed by atoms with van der Waals surface area (Å²) in [6.45, 7) is 5.67. The fourth-order valence-corrected chi connectivity index (χ4v) is 3.12. The number of rotatable bonds is 7. The van der Waals surface area contributed by atoms with Crippen LogP contribution in [0.2, 0.25) is 0 Å². The van der Waals surface area contributed by atoms with Crippen LogP contribution in [0.4, 0.5) is 8.78 Å². The first-order valence-electron chi connectivity index (χ1n) is 7.25. The standard InChI is InChI=1S/C14H27F2NO/c1-3-13(4-2)17(8-9-18)11-12-6-5-7-14(15,16)10-12/h12-13,18H,3-11H2,1-2H3. The molecule has 0 heterocycles. The van der Waals surface area contributed by atoms with E-state index < -0.39 is 5.92 Å². The Morgan fingerprint density at radius 1 is 1.33 bits per heavy atom. The minimum Gasteiger partial charge on any atom is -0.395 e. The molecule has 1 aliphatic carbocycles. The van der Waals surface area contributed by atoms with Gasteiger partial charge in [-0.1, -0.05) is 13.8 Å². The van der Waals surface area contributed by atoms with Crippen LogP contribution in [0.15, 0.2) is 0 Å². The fraction of sp³-hybridized carbons (Fsp3) is 1.00. The maximum absolute atomic E-state index is 13.4. The summed E-state index contributed by atoms with van der Waals surface area (Å²) < 4.78 is 26.8. The van der Waals surface area contributed by atoms with Crippen LogP contribution in [0.5, 0.6) is 0 Å². The first-order valence-corrected chi connectivity index (χ1v) is 7.25. The van der Waals surface area contributed by atoms with Crippen molar-refractivity contribution in [1.82, 2.24) is 4.90 Å². The van der Waals surface area contributed by atoms with E-state index in [0.717, 1.165) is 19.3 Å². The third kappa shape index (κ3) is 4.81. The third-order valence-corrected chi connectivity index (χ3v) is 4.08. The zero-order chi connectivity index (χ0) is 13.6. The molecule has 18 heavy (non-hydrogen) atoms. The van der Waals surface area contributed by atoms with Gasteiger partial charge in [0, 0.05) is 32.0 Å². The normalized spacial score (nSPS) is 23.8. The van der Waals surface area contributed by atoms with Crippen LogP contribution in [-0.4, -0.2) is 41.7 Å². The van der Waals surface area contributed by atoms with Gasteiger partial charge in [0.2, 0.25) is 5.92 Å². The molecule has 0 aromatic heterocycles. The van der Waals surface area contributed by atoms with Crippen molar-refractivity contribution in [1.29, 1.82) is 0 Å². The highest BCUT2D eigenvalue weighted by molar-refractivity contribution is 4.82. The van der Waals surface area contributed by atoms with Crippen LogP contribution < -0.4 is 0 Å². The highest BCUT2D eigenvalue weighted by Crippen LogP contribution is 2.37. The quantitative estimate of drug-likeness (QED) is 0.762. The summed E-state index contributed by atoms with van der Waals surface area (Å²) in [4.78, 5) is 2.20. The van der Waals surface area contributed by atoms with Crippen LogP contribution in [0.1, 0.15) is 52.4 Å². The van der Waals surface area contributed by atoms with E-state index in [2.05, 4.69) is 18.7 Å². The summed E-state index contributed by atoms with van der Waals surface area (Å²) in [5.41, 5.74) is 0. The van der Waals surface area contributed by atoms with Gasteiger partial charge in [0.15, 0.2) is 0 Å². The van der Waals surface area contributed by atoms with Crippen molar-refractivity contribution in [3.8, 4) is 0 Å². The fourth-order valence-electron chi connectivity index (χ4n) is 3.12. The van der Waals surface area contributed by atoms with Gasteiger partial charge in [0.1, 0.15) is 0 Å². The summed E-state index contributed by atoms with van der Waals surface area (Å²) in [6, 6.07) is 0.410. The summed E-state index contributed by atoms with van der Waals surface area (Å²) in [6.07, 6.45) is 3.63. The Morgan fingerprint density at radius 3 is 2.50 bits per heavy atom. The second-order valence-corrected chi connectivity index (χ2v) is 5.51. The maximum Gasteiger partial charge on any atom is 0.248 e. The molecule has 1 fully saturated rings. The van der Waals surface area contributed by atoms with E-state index in [-0.39, 0.29) is 25.4 Å². The second kappa shape index (κ2) is 7.39. The zero-order valence-corrected chi connectivity index (χ0v) is 11.7. The largest absolute Gasteiger partial charge is 0.395 e. The molecule has 1 rings (SSSR count). The predicted molar refractivity (Wildman–Crippen MR) is 69.9 cm³/mol. The summed E-state index contributed by atoms with van der Waals surface area (Å²) in [5, 5.41) is 9.12. The first kappa shape index (κ1) is 15.8. The van der Waals surface area contributed by atoms with Crippen molar-refractivity contribution in [3.05, 3.63) is 0 Å². The van der Waals surface area contributed by atoms with E-state index >= 15 is 0 Å². The maximum atomic E-state index is 13.4. The Morgan fingerprint density at radius 2 is 2.00 bits per heavy atom. The van der Waals surface area contributed by atoms with Gasteiger partial charge in [0.05, 0.1) is 6.61 Å². The number of hydrogen-bond donors (Lipinski definition) is 1. The average Bonchev–Trinajstić information content (AvgIpc) is 2.29. The van der Waals surface area contributed by atoms with Gasteiger partial charge in [0.25, 0.3) is 0 Å². The van der Waals surface area contributed by atoms with Crippen LogP contribution in [0, 0.1) is 5.92 Å². The average molecular weight is 263 g/mol. The molecule has 0 aromatic rings. The molecule has 0 spiro atoms. The SMILES string of the molecule is CCC(CC)N(CCO)CC1CCCC(F)(F)C1. The molecule has 0 amide bonds. The molecular formula is C14H27F2NO. The number of alkyl halides is 2. The highest BCUT2D eigenvalue weighted by Gasteiger charge is 2.37. The van der Waals surface area contributed by atoms with Crippen molar-refractivity contribution in [3.63, 3.8) is 0 Å². The highest BCUT2D eigenvalue weighted by atomic mass is 19.3. The van der Waals surface area contributed by atoms with E-state index in [1.54, 1.807) is 0 Å². The summed E-state index contributed by atoms with van der Waals surface area (Å²) >= 11 is 0. The molecule has 1 unspecified atom stereocenters. The Kier molecular flexibility index (Phi) is 6.50. The topological polar surface area (TPSA) is 23.5 Å². The molecule has 0 aliphatic heterocycles. The van der Waals surface area contributed by atoms with Gasteiger partial charge in [-0.2, -0.15) is 0 Å². The Labute approximate surface area is 109 Å². The molecule has 4 heteroatoms. The zero-order valence-electron chi connectivity index (χ0n) is 11.7. The van der Waals surface area contributed by atoms with Crippen molar-refractivity contribution in [2.75, 3.05) is 19.7 Å². The first-order chi connectivity index (χ1) is 8.52. The monoisotopic (exact) mass is 263 g/mol. The lowest BCUT2D eigenvalue weighted by Gasteiger charge is -2.36. The van der Waals surface area contributed by atoms with Crippen LogP contribution in [0.3, 0.4) is 0 Å². The lowest BCUT2D eigenvalue weighted by atomic mass is 9.86. The van der Waals surface area contributed by atoms with Crippen LogP contribution >= 0.6 is 0 Å². The lowest BCUT2D eigenvalue weighted by molar-refractivity contribution is -0.0593. The molecule has 0 bridgehead atoms. The Balaban J connectivity index is 2.54. The van der Waals surface area contributed by atoms with Gasteiger partial charge in [-0.3, -0.25) is 4.90 Å². The Bertz CT molecular complexity index is 232. The minimum absolute atomic E-state index is 0.0229. The van der Waals surface area contributed by atoms with Crippen molar-refractivity contribution >= 4 is 0 Å². The number of aliphatic hydroxyl groups excluding tert-OH is 1. The van der Waals surface area contributed by atoms with Crippen molar-refractivity contribution in [2.24, 2.45) is 5.92 Å². The Hall–Kier alpha value is -0.220. The lowest BCUT2D eigenvalue weighted by Crippen LogP contribution is -2.42. The molecule has 1 saturated carbocycles. The molecule has 0 saturated heterocycles. The van der Waals surface area contributed by atoms with E-state index in [1.165, 1.54) is 0 Å². The molecule has 2 nitrogen and oxygen atoms in total. The molecule has 108 valence electrons. The number of hydrogen-bond acceptors (Lipinski definition) is 2. The molecule has 1 atom stereocenters. The molecule has 1 aliphatic rings. The van der Waals surface area contributed by atoms with Gasteiger partial charge in [-0.25, -0.2) is 8.78 Å². The van der Waals surface area contributed by atoms with E-state index in [0.29, 0.717) is 25.6 Å². The van der Waals surface area contributed by atoms with Gasteiger partial charge in [-0.05, 0) is 31.6 Å². The van der Waals surface area contributed by atoms with Crippen LogP contribution in [-0.2, 0) is 0 Å². The van der Waals surface area contributed by atoms with Crippen molar-refractivity contribution < 1.29 is 13.9 Å². The smallest absolute Gasteiger partial charge is 0.248 e. The predicted octanol–water partition coefficient (Wildman–Crippen LogP) is 3.29. The van der Waals surface area contributed by atoms with Gasteiger partial charge >= 0.3 is 0 Å².